The number of methoxy groups -OCH3 is 1. The molecule has 1 saturated heterocycles. The summed E-state index contributed by atoms with van der Waals surface area (Å²) in [6.45, 7) is 1.23. The maximum absolute atomic E-state index is 12.5. The van der Waals surface area contributed by atoms with Gasteiger partial charge in [-0.1, -0.05) is 24.3 Å². The molecule has 0 bridgehead atoms. The van der Waals surface area contributed by atoms with Gasteiger partial charge < -0.3 is 9.47 Å². The van der Waals surface area contributed by atoms with Gasteiger partial charge in [0.1, 0.15) is 5.75 Å². The smallest absolute Gasteiger partial charge is 0.168 e. The molecular weight excluding hydrogens is 240 g/mol. The van der Waals surface area contributed by atoms with Gasteiger partial charge in [0.2, 0.25) is 0 Å². The number of ether oxygens (including phenoxy) is 2. The Morgan fingerprint density at radius 1 is 1.21 bits per heavy atom. The molecule has 1 aliphatic rings. The molecule has 2 aromatic rings. The molecule has 1 fully saturated rings. The summed E-state index contributed by atoms with van der Waals surface area (Å²) >= 11 is 0. The van der Waals surface area contributed by atoms with Crippen LogP contribution in [0.5, 0.6) is 5.75 Å². The van der Waals surface area contributed by atoms with Crippen LogP contribution >= 0.6 is 0 Å². The van der Waals surface area contributed by atoms with E-state index < -0.39 is 0 Å². The standard InChI is InChI=1S/C16H16O3/c1-18-15-7-6-14(12-4-2-3-5-13(12)15)16(17)11-8-9-19-10-11/h2-7,11H,8-10H2,1H3. The van der Waals surface area contributed by atoms with Crippen molar-refractivity contribution in [2.24, 2.45) is 5.92 Å². The lowest BCUT2D eigenvalue weighted by Gasteiger charge is -2.12. The van der Waals surface area contributed by atoms with Crippen molar-refractivity contribution in [1.29, 1.82) is 0 Å². The van der Waals surface area contributed by atoms with Crippen LogP contribution in [-0.4, -0.2) is 26.1 Å². The van der Waals surface area contributed by atoms with Gasteiger partial charge in [-0.2, -0.15) is 0 Å². The molecular formula is C16H16O3. The van der Waals surface area contributed by atoms with Gasteiger partial charge in [0, 0.05) is 23.5 Å². The Morgan fingerprint density at radius 3 is 2.68 bits per heavy atom. The normalized spacial score (nSPS) is 18.7. The molecule has 2 aromatic carbocycles. The lowest BCUT2D eigenvalue weighted by atomic mass is 9.93. The van der Waals surface area contributed by atoms with E-state index in [1.165, 1.54) is 0 Å². The number of Topliss-reactive ketones (excluding diaryl/α,β-unsaturated/α-hetero) is 1. The number of fused-ring (bicyclic) bond motifs is 1. The van der Waals surface area contributed by atoms with Crippen molar-refractivity contribution in [1.82, 2.24) is 0 Å². The maximum Gasteiger partial charge on any atom is 0.168 e. The van der Waals surface area contributed by atoms with E-state index >= 15 is 0 Å². The minimum absolute atomic E-state index is 0.00296. The molecule has 1 unspecified atom stereocenters. The molecule has 1 aliphatic heterocycles. The van der Waals surface area contributed by atoms with Crippen molar-refractivity contribution in [3.05, 3.63) is 42.0 Å². The Balaban J connectivity index is 2.11. The molecule has 0 aromatic heterocycles. The summed E-state index contributed by atoms with van der Waals surface area (Å²) in [7, 11) is 1.65. The molecule has 0 aliphatic carbocycles. The zero-order chi connectivity index (χ0) is 13.2. The van der Waals surface area contributed by atoms with Crippen LogP contribution < -0.4 is 4.74 Å². The van der Waals surface area contributed by atoms with E-state index in [1.807, 2.05) is 36.4 Å². The molecule has 0 spiro atoms. The number of ketones is 1. The second kappa shape index (κ2) is 5.02. The molecule has 98 valence electrons. The average Bonchev–Trinajstić information content (AvgIpc) is 2.99. The first kappa shape index (κ1) is 12.2. The number of carbonyl (C=O) groups excluding carboxylic acids is 1. The summed E-state index contributed by atoms with van der Waals surface area (Å²) in [4.78, 5) is 12.5. The van der Waals surface area contributed by atoms with Gasteiger partial charge in [-0.15, -0.1) is 0 Å². The second-order valence-electron chi connectivity index (χ2n) is 4.79. The predicted molar refractivity (Wildman–Crippen MR) is 73.8 cm³/mol. The molecule has 3 rings (SSSR count). The SMILES string of the molecule is COc1ccc(C(=O)C2CCOC2)c2ccccc12. The largest absolute Gasteiger partial charge is 0.496 e. The van der Waals surface area contributed by atoms with Gasteiger partial charge in [0.05, 0.1) is 13.7 Å². The van der Waals surface area contributed by atoms with E-state index in [2.05, 4.69) is 0 Å². The van der Waals surface area contributed by atoms with E-state index in [0.29, 0.717) is 13.2 Å². The molecule has 1 atom stereocenters. The lowest BCUT2D eigenvalue weighted by Crippen LogP contribution is -2.15. The Morgan fingerprint density at radius 2 is 2.00 bits per heavy atom. The van der Waals surface area contributed by atoms with Crippen LogP contribution in [0.2, 0.25) is 0 Å². The molecule has 0 N–H and O–H groups in total. The first-order chi connectivity index (χ1) is 9.31. The summed E-state index contributed by atoms with van der Waals surface area (Å²) in [6, 6.07) is 11.6. The monoisotopic (exact) mass is 256 g/mol. The summed E-state index contributed by atoms with van der Waals surface area (Å²) in [5, 5.41) is 1.94. The first-order valence-corrected chi connectivity index (χ1v) is 6.49. The fourth-order valence-corrected chi connectivity index (χ4v) is 2.63. The van der Waals surface area contributed by atoms with Gasteiger partial charge in [0.15, 0.2) is 5.78 Å². The van der Waals surface area contributed by atoms with Crippen LogP contribution in [-0.2, 0) is 4.74 Å². The average molecular weight is 256 g/mol. The van der Waals surface area contributed by atoms with Crippen molar-refractivity contribution in [3.8, 4) is 5.75 Å². The van der Waals surface area contributed by atoms with Crippen molar-refractivity contribution < 1.29 is 14.3 Å². The maximum atomic E-state index is 12.5. The topological polar surface area (TPSA) is 35.5 Å². The van der Waals surface area contributed by atoms with E-state index in [9.17, 15) is 4.79 Å². The zero-order valence-electron chi connectivity index (χ0n) is 10.9. The minimum Gasteiger partial charge on any atom is -0.496 e. The molecule has 0 saturated carbocycles. The van der Waals surface area contributed by atoms with E-state index in [0.717, 1.165) is 28.5 Å². The van der Waals surface area contributed by atoms with Crippen LogP contribution in [0.4, 0.5) is 0 Å². The molecule has 3 heteroatoms. The third-order valence-corrected chi connectivity index (χ3v) is 3.67. The summed E-state index contributed by atoms with van der Waals surface area (Å²) < 4.78 is 10.7. The fraction of sp³-hybridized carbons (Fsp3) is 0.312. The highest BCUT2D eigenvalue weighted by Crippen LogP contribution is 2.30. The summed E-state index contributed by atoms with van der Waals surface area (Å²) in [5.41, 5.74) is 0.770. The molecule has 1 heterocycles. The van der Waals surface area contributed by atoms with Crippen LogP contribution in [0.15, 0.2) is 36.4 Å². The van der Waals surface area contributed by atoms with Gasteiger partial charge >= 0.3 is 0 Å². The third kappa shape index (κ3) is 2.10. The molecule has 0 radical (unpaired) electrons. The van der Waals surface area contributed by atoms with Gasteiger partial charge in [0.25, 0.3) is 0 Å². The van der Waals surface area contributed by atoms with Gasteiger partial charge in [-0.3, -0.25) is 4.79 Å². The van der Waals surface area contributed by atoms with Crippen molar-refractivity contribution in [2.75, 3.05) is 20.3 Å². The second-order valence-corrected chi connectivity index (χ2v) is 4.79. The van der Waals surface area contributed by atoms with Crippen molar-refractivity contribution in [3.63, 3.8) is 0 Å². The van der Waals surface area contributed by atoms with Crippen molar-refractivity contribution in [2.45, 2.75) is 6.42 Å². The Kier molecular flexibility index (Phi) is 3.22. The number of hydrogen-bond donors (Lipinski definition) is 0. The van der Waals surface area contributed by atoms with Crippen molar-refractivity contribution >= 4 is 16.6 Å². The molecule has 19 heavy (non-hydrogen) atoms. The summed E-state index contributed by atoms with van der Waals surface area (Å²) in [5.74, 6) is 0.975. The van der Waals surface area contributed by atoms with Gasteiger partial charge in [-0.25, -0.2) is 0 Å². The Labute approximate surface area is 112 Å². The molecule has 3 nitrogen and oxygen atoms in total. The quantitative estimate of drug-likeness (QED) is 0.792. The number of rotatable bonds is 3. The Bertz CT molecular complexity index is 612. The highest BCUT2D eigenvalue weighted by atomic mass is 16.5. The van der Waals surface area contributed by atoms with Crippen LogP contribution in [0, 0.1) is 5.92 Å². The lowest BCUT2D eigenvalue weighted by molar-refractivity contribution is 0.0902. The highest BCUT2D eigenvalue weighted by molar-refractivity contribution is 6.10. The fourth-order valence-electron chi connectivity index (χ4n) is 2.63. The van der Waals surface area contributed by atoms with Crippen LogP contribution in [0.1, 0.15) is 16.8 Å². The number of carbonyl (C=O) groups is 1. The zero-order valence-corrected chi connectivity index (χ0v) is 10.9. The number of benzene rings is 2. The van der Waals surface area contributed by atoms with E-state index in [-0.39, 0.29) is 11.7 Å². The van der Waals surface area contributed by atoms with E-state index in [1.54, 1.807) is 7.11 Å². The first-order valence-electron chi connectivity index (χ1n) is 6.49. The van der Waals surface area contributed by atoms with Crippen LogP contribution in [0.3, 0.4) is 0 Å². The van der Waals surface area contributed by atoms with Crippen LogP contribution in [0.25, 0.3) is 10.8 Å². The number of hydrogen-bond acceptors (Lipinski definition) is 3. The van der Waals surface area contributed by atoms with E-state index in [4.69, 9.17) is 9.47 Å². The summed E-state index contributed by atoms with van der Waals surface area (Å²) in [6.07, 6.45) is 0.819. The highest BCUT2D eigenvalue weighted by Gasteiger charge is 2.26. The molecule has 0 amide bonds. The third-order valence-electron chi connectivity index (χ3n) is 3.67. The minimum atomic E-state index is -0.00296. The predicted octanol–water partition coefficient (Wildman–Crippen LogP) is 3.07. The Hall–Kier alpha value is -1.87. The van der Waals surface area contributed by atoms with Gasteiger partial charge in [-0.05, 0) is 23.9 Å².